The maximum Gasteiger partial charge on any atom is 0.319 e. The van der Waals surface area contributed by atoms with Crippen LogP contribution in [0.2, 0.25) is 5.02 Å². The van der Waals surface area contributed by atoms with Gasteiger partial charge >= 0.3 is 6.03 Å². The van der Waals surface area contributed by atoms with Gasteiger partial charge in [-0.1, -0.05) is 11.6 Å². The number of hydrogen-bond donors (Lipinski definition) is 2. The second-order valence-electron chi connectivity index (χ2n) is 7.17. The number of ether oxygens (including phenoxy) is 2. The Morgan fingerprint density at radius 1 is 1.16 bits per heavy atom. The third kappa shape index (κ3) is 4.25. The molecule has 0 atom stereocenters. The first-order valence-corrected chi connectivity index (χ1v) is 10.2. The zero-order chi connectivity index (χ0) is 22.8. The number of nitrogens with two attached hydrogens (primary N) is 1. The van der Waals surface area contributed by atoms with Crippen LogP contribution in [-0.4, -0.2) is 37.2 Å². The summed E-state index contributed by atoms with van der Waals surface area (Å²) in [5, 5.41) is 0.930. The molecular formula is C22H21ClN4O5. The fourth-order valence-electron chi connectivity index (χ4n) is 3.43. The maximum absolute atomic E-state index is 12.4. The van der Waals surface area contributed by atoms with Crippen molar-refractivity contribution < 1.29 is 23.9 Å². The molecule has 0 unspecified atom stereocenters. The third-order valence-corrected chi connectivity index (χ3v) is 5.32. The molecule has 1 fully saturated rings. The molecule has 1 aliphatic rings. The molecule has 1 aliphatic carbocycles. The van der Waals surface area contributed by atoms with Gasteiger partial charge in [0.05, 0.1) is 36.0 Å². The smallest absolute Gasteiger partial charge is 0.319 e. The molecule has 3 N–H and O–H groups in total. The van der Waals surface area contributed by atoms with Gasteiger partial charge < -0.3 is 15.2 Å². The summed E-state index contributed by atoms with van der Waals surface area (Å²) < 4.78 is 11.4. The number of anilines is 1. The number of halogens is 1. The number of nitrogens with zero attached hydrogens (tertiary/aromatic N) is 2. The van der Waals surface area contributed by atoms with E-state index in [-0.39, 0.29) is 11.6 Å². The second-order valence-corrected chi connectivity index (χ2v) is 7.58. The molecule has 0 saturated heterocycles. The Kier molecular flexibility index (Phi) is 6.02. The average molecular weight is 457 g/mol. The number of pyridine rings is 1. The Morgan fingerprint density at radius 3 is 2.56 bits per heavy atom. The van der Waals surface area contributed by atoms with Gasteiger partial charge in [0.2, 0.25) is 0 Å². The highest BCUT2D eigenvalue weighted by molar-refractivity contribution is 6.34. The number of methoxy groups -OCH3 is 1. The molecule has 166 valence electrons. The van der Waals surface area contributed by atoms with E-state index in [2.05, 4.69) is 10.5 Å². The van der Waals surface area contributed by atoms with E-state index >= 15 is 0 Å². The lowest BCUT2D eigenvalue weighted by atomic mass is 10.1. The Bertz CT molecular complexity index is 1200. The molecule has 0 bridgehead atoms. The van der Waals surface area contributed by atoms with Crippen molar-refractivity contribution in [2.45, 2.75) is 18.9 Å². The zero-order valence-electron chi connectivity index (χ0n) is 17.4. The van der Waals surface area contributed by atoms with Crippen LogP contribution in [0.4, 0.5) is 10.5 Å². The highest BCUT2D eigenvalue weighted by Crippen LogP contribution is 2.39. The van der Waals surface area contributed by atoms with Gasteiger partial charge in [-0.3, -0.25) is 19.5 Å². The molecule has 3 amide bonds. The van der Waals surface area contributed by atoms with E-state index in [4.69, 9.17) is 31.6 Å². The van der Waals surface area contributed by atoms with E-state index in [1.807, 2.05) is 0 Å². The van der Waals surface area contributed by atoms with Gasteiger partial charge in [-0.15, -0.1) is 0 Å². The number of aromatic nitrogens is 1. The number of fused-ring (bicyclic) bond motifs is 1. The Balaban J connectivity index is 1.69. The lowest BCUT2D eigenvalue weighted by Crippen LogP contribution is -2.37. The predicted octanol–water partition coefficient (Wildman–Crippen LogP) is 4.03. The standard InChI is InChI=1S/C22H21ClN4O5/c1-30-20-11-17-14(10-15(20)21(28)26-31-2)19(7-8-25-17)32-13-5-6-18(16(23)9-13)27(22(24)29)12-3-4-12/h5-12H,3-4H2,1-2H3,(H2,24,29)(H,26,28). The summed E-state index contributed by atoms with van der Waals surface area (Å²) in [6, 6.07) is 9.48. The van der Waals surface area contributed by atoms with Gasteiger partial charge in [0.1, 0.15) is 17.2 Å². The summed E-state index contributed by atoms with van der Waals surface area (Å²) in [7, 11) is 2.81. The van der Waals surface area contributed by atoms with E-state index < -0.39 is 11.9 Å². The molecular weight excluding hydrogens is 436 g/mol. The number of rotatable bonds is 7. The number of hydrogen-bond acceptors (Lipinski definition) is 6. The number of carbonyl (C=O) groups excluding carboxylic acids is 2. The molecule has 1 aromatic heterocycles. The van der Waals surface area contributed by atoms with Crippen LogP contribution in [-0.2, 0) is 4.84 Å². The number of benzene rings is 2. The summed E-state index contributed by atoms with van der Waals surface area (Å²) in [5.74, 6) is 0.780. The minimum absolute atomic E-state index is 0.0764. The molecule has 2 aromatic carbocycles. The molecule has 3 aromatic rings. The summed E-state index contributed by atoms with van der Waals surface area (Å²) >= 11 is 6.44. The van der Waals surface area contributed by atoms with Crippen molar-refractivity contribution in [2.75, 3.05) is 19.1 Å². The van der Waals surface area contributed by atoms with Crippen molar-refractivity contribution in [1.29, 1.82) is 0 Å². The maximum atomic E-state index is 12.4. The van der Waals surface area contributed by atoms with Crippen LogP contribution in [0.3, 0.4) is 0 Å². The van der Waals surface area contributed by atoms with Gasteiger partial charge in [0.25, 0.3) is 5.91 Å². The fourth-order valence-corrected chi connectivity index (χ4v) is 3.69. The van der Waals surface area contributed by atoms with Gasteiger partial charge in [0, 0.05) is 29.8 Å². The van der Waals surface area contributed by atoms with E-state index in [1.54, 1.807) is 42.6 Å². The number of nitrogens with one attached hydrogen (secondary N) is 1. The van der Waals surface area contributed by atoms with Crippen molar-refractivity contribution in [1.82, 2.24) is 10.5 Å². The zero-order valence-corrected chi connectivity index (χ0v) is 18.2. The highest BCUT2D eigenvalue weighted by atomic mass is 35.5. The molecule has 0 aliphatic heterocycles. The highest BCUT2D eigenvalue weighted by Gasteiger charge is 2.33. The monoisotopic (exact) mass is 456 g/mol. The van der Waals surface area contributed by atoms with Gasteiger partial charge in [-0.2, -0.15) is 0 Å². The summed E-state index contributed by atoms with van der Waals surface area (Å²) in [5.41, 5.74) is 9.17. The van der Waals surface area contributed by atoms with Crippen LogP contribution in [0.5, 0.6) is 17.2 Å². The molecule has 1 saturated carbocycles. The minimum atomic E-state index is -0.543. The molecule has 0 radical (unpaired) electrons. The molecule has 9 nitrogen and oxygen atoms in total. The third-order valence-electron chi connectivity index (χ3n) is 5.02. The molecule has 0 spiro atoms. The summed E-state index contributed by atoms with van der Waals surface area (Å²) in [6.07, 6.45) is 3.37. The fraction of sp³-hybridized carbons (Fsp3) is 0.227. The number of primary amides is 1. The summed E-state index contributed by atoms with van der Waals surface area (Å²) in [6.45, 7) is 0. The first-order valence-electron chi connectivity index (χ1n) is 9.79. The number of amides is 3. The first kappa shape index (κ1) is 21.7. The Labute approximate surface area is 189 Å². The van der Waals surface area contributed by atoms with Crippen LogP contribution >= 0.6 is 11.6 Å². The van der Waals surface area contributed by atoms with Crippen molar-refractivity contribution >= 4 is 40.1 Å². The van der Waals surface area contributed by atoms with Gasteiger partial charge in [-0.25, -0.2) is 10.3 Å². The van der Waals surface area contributed by atoms with Crippen LogP contribution in [0, 0.1) is 0 Å². The average Bonchev–Trinajstić information content (AvgIpc) is 3.59. The van der Waals surface area contributed by atoms with Crippen molar-refractivity contribution in [3.05, 3.63) is 53.2 Å². The predicted molar refractivity (Wildman–Crippen MR) is 119 cm³/mol. The van der Waals surface area contributed by atoms with E-state index in [0.717, 1.165) is 12.8 Å². The Hall–Kier alpha value is -3.56. The molecule has 10 heteroatoms. The largest absolute Gasteiger partial charge is 0.496 e. The number of urea groups is 1. The van der Waals surface area contributed by atoms with Crippen LogP contribution in [0.25, 0.3) is 10.9 Å². The molecule has 1 heterocycles. The van der Waals surface area contributed by atoms with Crippen molar-refractivity contribution in [3.8, 4) is 17.2 Å². The van der Waals surface area contributed by atoms with Crippen molar-refractivity contribution in [3.63, 3.8) is 0 Å². The lowest BCUT2D eigenvalue weighted by molar-refractivity contribution is 0.0535. The van der Waals surface area contributed by atoms with E-state index in [1.165, 1.54) is 19.1 Å². The normalized spacial score (nSPS) is 13.0. The second kappa shape index (κ2) is 8.89. The molecule has 32 heavy (non-hydrogen) atoms. The number of carbonyl (C=O) groups is 2. The van der Waals surface area contributed by atoms with Crippen molar-refractivity contribution in [2.24, 2.45) is 5.73 Å². The summed E-state index contributed by atoms with van der Waals surface area (Å²) in [4.78, 5) is 34.8. The van der Waals surface area contributed by atoms with Gasteiger partial charge in [-0.05, 0) is 37.1 Å². The van der Waals surface area contributed by atoms with Gasteiger partial charge in [0.15, 0.2) is 0 Å². The Morgan fingerprint density at radius 2 is 1.94 bits per heavy atom. The number of hydroxylamine groups is 1. The van der Waals surface area contributed by atoms with E-state index in [0.29, 0.717) is 38.9 Å². The first-order chi connectivity index (χ1) is 15.4. The topological polar surface area (TPSA) is 116 Å². The van der Waals surface area contributed by atoms with Crippen LogP contribution in [0.15, 0.2) is 42.6 Å². The lowest BCUT2D eigenvalue weighted by Gasteiger charge is -2.21. The van der Waals surface area contributed by atoms with E-state index in [9.17, 15) is 9.59 Å². The van der Waals surface area contributed by atoms with Crippen LogP contribution < -0.4 is 25.6 Å². The van der Waals surface area contributed by atoms with Crippen LogP contribution in [0.1, 0.15) is 23.2 Å². The SMILES string of the molecule is CONC(=O)c1cc2c(Oc3ccc(N(C(N)=O)C4CC4)c(Cl)c3)ccnc2cc1OC. The minimum Gasteiger partial charge on any atom is -0.496 e. The quantitative estimate of drug-likeness (QED) is 0.518. The molecule has 4 rings (SSSR count).